The summed E-state index contributed by atoms with van der Waals surface area (Å²) in [6.45, 7) is 13.2. The van der Waals surface area contributed by atoms with Crippen LogP contribution in [-0.2, 0) is 22.5 Å². The topological polar surface area (TPSA) is 67.6 Å². The number of nitrogens with zero attached hydrogens (tertiary/aromatic N) is 3. The molecule has 6 nitrogen and oxygen atoms in total. The lowest BCUT2D eigenvalue weighted by atomic mass is 9.95. The highest BCUT2D eigenvalue weighted by molar-refractivity contribution is 5.76. The van der Waals surface area contributed by atoms with Crippen LogP contribution < -0.4 is 0 Å². The van der Waals surface area contributed by atoms with Crippen molar-refractivity contribution in [1.82, 2.24) is 14.5 Å². The molecule has 2 aromatic carbocycles. The lowest BCUT2D eigenvalue weighted by Gasteiger charge is -2.32. The van der Waals surface area contributed by atoms with E-state index in [1.807, 2.05) is 32.9 Å². The zero-order chi connectivity index (χ0) is 25.2. The number of rotatable bonds is 10. The fraction of sp³-hybridized carbons (Fsp3) is 0.517. The Balaban J connectivity index is 0.00000167. The number of para-hydroxylation sites is 2. The minimum atomic E-state index is -0.781. The van der Waals surface area contributed by atoms with Gasteiger partial charge in [0, 0.05) is 25.6 Å². The summed E-state index contributed by atoms with van der Waals surface area (Å²) in [4.78, 5) is 18.7. The van der Waals surface area contributed by atoms with Crippen LogP contribution >= 0.6 is 0 Å². The molecule has 35 heavy (non-hydrogen) atoms. The summed E-state index contributed by atoms with van der Waals surface area (Å²) in [5.74, 6) is 0.443. The van der Waals surface area contributed by atoms with E-state index in [4.69, 9.17) is 9.72 Å². The molecule has 6 heteroatoms. The molecule has 0 bridgehead atoms. The molecule has 2 heterocycles. The average Bonchev–Trinajstić information content (AvgIpc) is 3.27. The summed E-state index contributed by atoms with van der Waals surface area (Å²) in [7, 11) is 0. The summed E-state index contributed by atoms with van der Waals surface area (Å²) < 4.78 is 8.00. The third-order valence-corrected chi connectivity index (χ3v) is 6.87. The molecule has 1 saturated heterocycles. The van der Waals surface area contributed by atoms with E-state index in [9.17, 15) is 9.90 Å². The van der Waals surface area contributed by atoms with Crippen molar-refractivity contribution in [1.29, 1.82) is 0 Å². The van der Waals surface area contributed by atoms with Crippen LogP contribution in [-0.4, -0.2) is 58.4 Å². The number of fused-ring (bicyclic) bond motifs is 1. The fourth-order valence-corrected chi connectivity index (χ4v) is 4.76. The van der Waals surface area contributed by atoms with E-state index in [1.165, 1.54) is 16.9 Å². The fourth-order valence-electron chi connectivity index (χ4n) is 4.76. The summed E-state index contributed by atoms with van der Waals surface area (Å²) in [5, 5.41) is 9.18. The normalized spacial score (nSPS) is 15.5. The standard InChI is InChI=1S/C27H35N3O3.C2H6/c1-3-33-19-18-30-25-7-5-4-6-24(25)28-26(30)23-13-16-29(17-14-23)15-12-21-8-10-22(11-9-21)20(2)27(31)32;1-2/h4-11,20,23H,3,12-19H2,1-2H3,(H,31,32);1-2H3. The second-order valence-electron chi connectivity index (χ2n) is 8.97. The van der Waals surface area contributed by atoms with Crippen LogP contribution in [0.3, 0.4) is 0 Å². The number of carboxylic acid groups (broad SMARTS) is 1. The van der Waals surface area contributed by atoms with Gasteiger partial charge in [0.05, 0.1) is 23.6 Å². The molecule has 190 valence electrons. The number of ether oxygens (including phenoxy) is 1. The number of piperidine rings is 1. The molecule has 3 aromatic rings. The molecule has 0 saturated carbocycles. The van der Waals surface area contributed by atoms with Gasteiger partial charge in [-0.2, -0.15) is 0 Å². The van der Waals surface area contributed by atoms with E-state index in [0.717, 1.165) is 63.1 Å². The summed E-state index contributed by atoms with van der Waals surface area (Å²) in [5.41, 5.74) is 4.40. The van der Waals surface area contributed by atoms with Gasteiger partial charge in [-0.15, -0.1) is 0 Å². The zero-order valence-electron chi connectivity index (χ0n) is 21.7. The largest absolute Gasteiger partial charge is 0.481 e. The van der Waals surface area contributed by atoms with Crippen LogP contribution in [0.25, 0.3) is 11.0 Å². The number of carboxylic acids is 1. The highest BCUT2D eigenvalue weighted by Gasteiger charge is 2.25. The van der Waals surface area contributed by atoms with Crippen molar-refractivity contribution >= 4 is 17.0 Å². The van der Waals surface area contributed by atoms with Crippen LogP contribution in [0.2, 0.25) is 0 Å². The van der Waals surface area contributed by atoms with Crippen molar-refractivity contribution in [3.05, 3.63) is 65.5 Å². The summed E-state index contributed by atoms with van der Waals surface area (Å²) in [6, 6.07) is 16.5. The van der Waals surface area contributed by atoms with Gasteiger partial charge in [-0.25, -0.2) is 4.98 Å². The number of imidazole rings is 1. The van der Waals surface area contributed by atoms with Gasteiger partial charge in [0.2, 0.25) is 0 Å². The van der Waals surface area contributed by atoms with Crippen molar-refractivity contribution < 1.29 is 14.6 Å². The van der Waals surface area contributed by atoms with Gasteiger partial charge < -0.3 is 19.3 Å². The number of carbonyl (C=O) groups is 1. The number of benzene rings is 2. The lowest BCUT2D eigenvalue weighted by molar-refractivity contribution is -0.138. The Bertz CT molecular complexity index is 1050. The number of hydrogen-bond acceptors (Lipinski definition) is 4. The van der Waals surface area contributed by atoms with E-state index in [0.29, 0.717) is 12.5 Å². The molecular formula is C29H41N3O3. The number of aliphatic carboxylic acids is 1. The van der Waals surface area contributed by atoms with E-state index < -0.39 is 11.9 Å². The first-order valence-corrected chi connectivity index (χ1v) is 13.1. The van der Waals surface area contributed by atoms with Gasteiger partial charge in [0.15, 0.2) is 0 Å². The first-order chi connectivity index (χ1) is 17.1. The maximum absolute atomic E-state index is 11.2. The van der Waals surface area contributed by atoms with Gasteiger partial charge in [0.1, 0.15) is 5.82 Å². The molecule has 0 amide bonds. The highest BCUT2D eigenvalue weighted by Crippen LogP contribution is 2.30. The smallest absolute Gasteiger partial charge is 0.310 e. The Morgan fingerprint density at radius 2 is 1.77 bits per heavy atom. The zero-order valence-corrected chi connectivity index (χ0v) is 21.7. The average molecular weight is 480 g/mol. The third-order valence-electron chi connectivity index (χ3n) is 6.87. The number of hydrogen-bond donors (Lipinski definition) is 1. The first kappa shape index (κ1) is 26.9. The monoisotopic (exact) mass is 479 g/mol. The maximum Gasteiger partial charge on any atom is 0.310 e. The van der Waals surface area contributed by atoms with E-state index in [-0.39, 0.29) is 0 Å². The molecule has 4 rings (SSSR count). The van der Waals surface area contributed by atoms with Gasteiger partial charge >= 0.3 is 5.97 Å². The van der Waals surface area contributed by atoms with Crippen LogP contribution in [0.5, 0.6) is 0 Å². The first-order valence-electron chi connectivity index (χ1n) is 13.1. The third kappa shape index (κ3) is 6.92. The van der Waals surface area contributed by atoms with Gasteiger partial charge in [0.25, 0.3) is 0 Å². The van der Waals surface area contributed by atoms with Gasteiger partial charge in [-0.3, -0.25) is 4.79 Å². The molecule has 1 atom stereocenters. The highest BCUT2D eigenvalue weighted by atomic mass is 16.5. The second kappa shape index (κ2) is 13.4. The molecule has 1 aliphatic rings. The Kier molecular flexibility index (Phi) is 10.3. The Morgan fingerprint density at radius 3 is 2.43 bits per heavy atom. The minimum Gasteiger partial charge on any atom is -0.481 e. The van der Waals surface area contributed by atoms with Crippen molar-refractivity contribution in [2.75, 3.05) is 32.8 Å². The number of likely N-dealkylation sites (tertiary alicyclic amines) is 1. The minimum absolute atomic E-state index is 0.462. The molecule has 1 N–H and O–H groups in total. The van der Waals surface area contributed by atoms with Crippen LogP contribution in [0, 0.1) is 0 Å². The predicted octanol–water partition coefficient (Wildman–Crippen LogP) is 5.71. The van der Waals surface area contributed by atoms with Crippen LogP contribution in [0.4, 0.5) is 0 Å². The van der Waals surface area contributed by atoms with Crippen molar-refractivity contribution in [3.63, 3.8) is 0 Å². The van der Waals surface area contributed by atoms with Crippen LogP contribution in [0.15, 0.2) is 48.5 Å². The summed E-state index contributed by atoms with van der Waals surface area (Å²) in [6.07, 6.45) is 3.22. The molecule has 1 aliphatic heterocycles. The van der Waals surface area contributed by atoms with Crippen molar-refractivity contribution in [2.45, 2.75) is 65.3 Å². The quantitative estimate of drug-likeness (QED) is 0.377. The molecule has 0 spiro atoms. The number of aromatic nitrogens is 2. The lowest BCUT2D eigenvalue weighted by Crippen LogP contribution is -2.35. The van der Waals surface area contributed by atoms with Crippen molar-refractivity contribution in [3.8, 4) is 0 Å². The van der Waals surface area contributed by atoms with Crippen LogP contribution in [0.1, 0.15) is 69.3 Å². The molecule has 1 unspecified atom stereocenters. The predicted molar refractivity (Wildman–Crippen MR) is 142 cm³/mol. The summed E-state index contributed by atoms with van der Waals surface area (Å²) >= 11 is 0. The second-order valence-corrected chi connectivity index (χ2v) is 8.97. The molecule has 1 fully saturated rings. The Morgan fingerprint density at radius 1 is 1.09 bits per heavy atom. The Hall–Kier alpha value is -2.70. The molecule has 0 aliphatic carbocycles. The van der Waals surface area contributed by atoms with Gasteiger partial charge in [-0.1, -0.05) is 50.2 Å². The SMILES string of the molecule is CC.CCOCCn1c(C2CCN(CCc3ccc(C(C)C(=O)O)cc3)CC2)nc2ccccc21. The van der Waals surface area contributed by atoms with E-state index in [2.05, 4.69) is 45.9 Å². The maximum atomic E-state index is 11.2. The molecule has 1 aromatic heterocycles. The molecular weight excluding hydrogens is 438 g/mol. The van der Waals surface area contributed by atoms with Crippen molar-refractivity contribution in [2.24, 2.45) is 0 Å². The van der Waals surface area contributed by atoms with E-state index in [1.54, 1.807) is 6.92 Å². The Labute approximate surface area is 209 Å². The molecule has 0 radical (unpaired) electrons. The van der Waals surface area contributed by atoms with E-state index >= 15 is 0 Å². The van der Waals surface area contributed by atoms with Gasteiger partial charge in [-0.05, 0) is 69.5 Å².